The molecule has 0 bridgehead atoms. The molecule has 1 rings (SSSR count). The van der Waals surface area contributed by atoms with Gasteiger partial charge in [0, 0.05) is 25.2 Å². The second-order valence-corrected chi connectivity index (χ2v) is 4.61. The first-order chi connectivity index (χ1) is 7.61. The third-order valence-corrected chi connectivity index (χ3v) is 2.92. The maximum absolute atomic E-state index is 5.59. The van der Waals surface area contributed by atoms with Gasteiger partial charge in [-0.1, -0.05) is 20.3 Å². The van der Waals surface area contributed by atoms with Crippen LogP contribution < -0.4 is 5.73 Å². The van der Waals surface area contributed by atoms with Crippen LogP contribution in [0, 0.1) is 5.92 Å². The molecule has 16 heavy (non-hydrogen) atoms. The highest BCUT2D eigenvalue weighted by atomic mass is 15.1. The Balaban J connectivity index is 2.31. The molecule has 0 aliphatic rings. The summed E-state index contributed by atoms with van der Waals surface area (Å²) < 4.78 is 0. The molecule has 0 aliphatic carbocycles. The highest BCUT2D eigenvalue weighted by Gasteiger charge is 2.04. The van der Waals surface area contributed by atoms with Gasteiger partial charge in [-0.15, -0.1) is 0 Å². The molecule has 1 aromatic rings. The zero-order chi connectivity index (χ0) is 12.0. The third kappa shape index (κ3) is 4.62. The van der Waals surface area contributed by atoms with Crippen LogP contribution in [0.2, 0.25) is 0 Å². The second kappa shape index (κ2) is 6.48. The van der Waals surface area contributed by atoms with Crippen molar-refractivity contribution in [3.05, 3.63) is 24.0 Å². The number of anilines is 1. The van der Waals surface area contributed by atoms with Crippen molar-refractivity contribution in [2.24, 2.45) is 5.92 Å². The maximum atomic E-state index is 5.59. The van der Waals surface area contributed by atoms with Gasteiger partial charge in [0.25, 0.3) is 0 Å². The van der Waals surface area contributed by atoms with E-state index in [0.29, 0.717) is 0 Å². The lowest BCUT2D eigenvalue weighted by atomic mass is 10.1. The first kappa shape index (κ1) is 13.0. The van der Waals surface area contributed by atoms with Gasteiger partial charge in [0.15, 0.2) is 0 Å². The van der Waals surface area contributed by atoms with Crippen molar-refractivity contribution in [1.29, 1.82) is 0 Å². The number of hydrogen-bond acceptors (Lipinski definition) is 3. The van der Waals surface area contributed by atoms with E-state index in [9.17, 15) is 0 Å². The predicted octanol–water partition coefficient (Wildman–Crippen LogP) is 2.18. The Bertz CT molecular complexity index is 295. The van der Waals surface area contributed by atoms with Crippen LogP contribution in [0.1, 0.15) is 26.0 Å². The van der Waals surface area contributed by atoms with Crippen LogP contribution in [0.15, 0.2) is 18.3 Å². The van der Waals surface area contributed by atoms with Crippen molar-refractivity contribution in [3.63, 3.8) is 0 Å². The van der Waals surface area contributed by atoms with E-state index in [4.69, 9.17) is 5.73 Å². The minimum atomic E-state index is 0.733. The maximum Gasteiger partial charge on any atom is 0.0501 e. The van der Waals surface area contributed by atoms with Crippen LogP contribution >= 0.6 is 0 Å². The molecule has 0 spiro atoms. The Morgan fingerprint density at radius 1 is 1.44 bits per heavy atom. The number of likely N-dealkylation sites (N-methyl/N-ethyl adjacent to an activating group) is 1. The Morgan fingerprint density at radius 3 is 2.75 bits per heavy atom. The Hall–Kier alpha value is -1.09. The summed E-state index contributed by atoms with van der Waals surface area (Å²) >= 11 is 0. The largest absolute Gasteiger partial charge is 0.397 e. The van der Waals surface area contributed by atoms with Crippen LogP contribution in [0.3, 0.4) is 0 Å². The fourth-order valence-electron chi connectivity index (χ4n) is 1.64. The number of nitrogens with two attached hydrogens (primary N) is 1. The second-order valence-electron chi connectivity index (χ2n) is 4.61. The van der Waals surface area contributed by atoms with Crippen LogP contribution in [0.5, 0.6) is 0 Å². The van der Waals surface area contributed by atoms with Gasteiger partial charge in [-0.3, -0.25) is 4.98 Å². The summed E-state index contributed by atoms with van der Waals surface area (Å²) in [6.45, 7) is 6.74. The monoisotopic (exact) mass is 221 g/mol. The van der Waals surface area contributed by atoms with E-state index >= 15 is 0 Å². The van der Waals surface area contributed by atoms with Gasteiger partial charge in [0.1, 0.15) is 0 Å². The quantitative estimate of drug-likeness (QED) is 0.800. The molecule has 1 unspecified atom stereocenters. The van der Waals surface area contributed by atoms with E-state index in [1.54, 1.807) is 6.20 Å². The van der Waals surface area contributed by atoms with Crippen molar-refractivity contribution in [2.45, 2.75) is 26.7 Å². The summed E-state index contributed by atoms with van der Waals surface area (Å²) in [4.78, 5) is 6.67. The highest BCUT2D eigenvalue weighted by Crippen LogP contribution is 2.05. The fraction of sp³-hybridized carbons (Fsp3) is 0.615. The van der Waals surface area contributed by atoms with Gasteiger partial charge in [-0.05, 0) is 25.1 Å². The van der Waals surface area contributed by atoms with Gasteiger partial charge in [-0.2, -0.15) is 0 Å². The number of pyridine rings is 1. The molecule has 0 aliphatic heterocycles. The van der Waals surface area contributed by atoms with E-state index in [1.807, 2.05) is 12.1 Å². The molecule has 0 saturated heterocycles. The molecule has 2 N–H and O–H groups in total. The van der Waals surface area contributed by atoms with Crippen LogP contribution in [0.25, 0.3) is 0 Å². The highest BCUT2D eigenvalue weighted by molar-refractivity contribution is 5.34. The molecule has 0 aromatic carbocycles. The molecule has 1 heterocycles. The van der Waals surface area contributed by atoms with Crippen molar-refractivity contribution >= 4 is 5.69 Å². The number of nitrogens with zero attached hydrogens (tertiary/aromatic N) is 2. The molecule has 0 amide bonds. The van der Waals surface area contributed by atoms with Gasteiger partial charge in [0.2, 0.25) is 0 Å². The summed E-state index contributed by atoms with van der Waals surface area (Å²) in [5.74, 6) is 0.768. The SMILES string of the molecule is CCC(C)CN(C)CCc1ccc(N)cn1. The lowest BCUT2D eigenvalue weighted by molar-refractivity contribution is 0.284. The normalized spacial score (nSPS) is 13.0. The Morgan fingerprint density at radius 2 is 2.19 bits per heavy atom. The van der Waals surface area contributed by atoms with E-state index in [1.165, 1.54) is 6.42 Å². The average molecular weight is 221 g/mol. The van der Waals surface area contributed by atoms with Crippen molar-refractivity contribution < 1.29 is 0 Å². The third-order valence-electron chi connectivity index (χ3n) is 2.92. The molecule has 3 heteroatoms. The molecule has 3 nitrogen and oxygen atoms in total. The van der Waals surface area contributed by atoms with E-state index in [-0.39, 0.29) is 0 Å². The minimum absolute atomic E-state index is 0.733. The molecular formula is C13H23N3. The molecule has 90 valence electrons. The zero-order valence-corrected chi connectivity index (χ0v) is 10.6. The predicted molar refractivity (Wildman–Crippen MR) is 69.3 cm³/mol. The molecule has 0 fully saturated rings. The first-order valence-electron chi connectivity index (χ1n) is 6.00. The summed E-state index contributed by atoms with van der Waals surface area (Å²) in [6, 6.07) is 3.92. The standard InChI is InChI=1S/C13H23N3/c1-4-11(2)10-16(3)8-7-13-6-5-12(14)9-15-13/h5-6,9,11H,4,7-8,10,14H2,1-3H3. The summed E-state index contributed by atoms with van der Waals surface area (Å²) in [7, 11) is 2.17. The minimum Gasteiger partial charge on any atom is -0.397 e. The van der Waals surface area contributed by atoms with Crippen LogP contribution in [0.4, 0.5) is 5.69 Å². The van der Waals surface area contributed by atoms with E-state index < -0.39 is 0 Å². The van der Waals surface area contributed by atoms with Crippen molar-refractivity contribution in [2.75, 3.05) is 25.9 Å². The zero-order valence-electron chi connectivity index (χ0n) is 10.6. The smallest absolute Gasteiger partial charge is 0.0501 e. The van der Waals surface area contributed by atoms with Crippen LogP contribution in [-0.4, -0.2) is 30.0 Å². The van der Waals surface area contributed by atoms with Crippen LogP contribution in [-0.2, 0) is 6.42 Å². The molecule has 1 atom stereocenters. The molecule has 0 radical (unpaired) electrons. The topological polar surface area (TPSA) is 42.1 Å². The number of nitrogen functional groups attached to an aromatic ring is 1. The lowest BCUT2D eigenvalue weighted by Crippen LogP contribution is -2.26. The van der Waals surface area contributed by atoms with Crippen molar-refractivity contribution in [3.8, 4) is 0 Å². The first-order valence-corrected chi connectivity index (χ1v) is 6.00. The van der Waals surface area contributed by atoms with Gasteiger partial charge >= 0.3 is 0 Å². The van der Waals surface area contributed by atoms with Gasteiger partial charge < -0.3 is 10.6 Å². The fourth-order valence-corrected chi connectivity index (χ4v) is 1.64. The van der Waals surface area contributed by atoms with Gasteiger partial charge in [0.05, 0.1) is 11.9 Å². The van der Waals surface area contributed by atoms with Crippen molar-refractivity contribution in [1.82, 2.24) is 9.88 Å². The summed E-state index contributed by atoms with van der Waals surface area (Å²) in [5, 5.41) is 0. The average Bonchev–Trinajstić information content (AvgIpc) is 2.28. The number of hydrogen-bond donors (Lipinski definition) is 1. The Labute approximate surface area is 98.7 Å². The molecule has 0 saturated carbocycles. The lowest BCUT2D eigenvalue weighted by Gasteiger charge is -2.20. The molecule has 1 aromatic heterocycles. The van der Waals surface area contributed by atoms with E-state index in [2.05, 4.69) is 30.8 Å². The summed E-state index contributed by atoms with van der Waals surface area (Å²) in [5.41, 5.74) is 7.44. The van der Waals surface area contributed by atoms with Gasteiger partial charge in [-0.25, -0.2) is 0 Å². The Kier molecular flexibility index (Phi) is 5.26. The van der Waals surface area contributed by atoms with E-state index in [0.717, 1.165) is 36.8 Å². The number of aromatic nitrogens is 1. The molecular weight excluding hydrogens is 198 g/mol. The number of rotatable bonds is 6. The summed E-state index contributed by atoms with van der Waals surface area (Å²) in [6.07, 6.45) is 3.96.